The Morgan fingerprint density at radius 3 is 2.07 bits per heavy atom. The maximum absolute atomic E-state index is 12.9. The van der Waals surface area contributed by atoms with E-state index in [1.807, 2.05) is 0 Å². The van der Waals surface area contributed by atoms with Crippen molar-refractivity contribution in [2.24, 2.45) is 11.8 Å². The van der Waals surface area contributed by atoms with Crippen LogP contribution in [-0.4, -0.2) is 60.3 Å². The van der Waals surface area contributed by atoms with E-state index >= 15 is 0 Å². The topological polar surface area (TPSA) is 127 Å². The molecular formula is C15H21F3O8S. The van der Waals surface area contributed by atoms with Crippen molar-refractivity contribution in [2.75, 3.05) is 12.4 Å². The fourth-order valence-corrected chi connectivity index (χ4v) is 3.55. The molecular weight excluding hydrogens is 397 g/mol. The first-order chi connectivity index (χ1) is 12.3. The monoisotopic (exact) mass is 418 g/mol. The van der Waals surface area contributed by atoms with E-state index in [0.717, 1.165) is 0 Å². The van der Waals surface area contributed by atoms with Gasteiger partial charge in [0.05, 0.1) is 17.4 Å². The van der Waals surface area contributed by atoms with E-state index < -0.39 is 57.5 Å². The molecule has 8 nitrogen and oxygen atoms in total. The SMILES string of the molecule is O=C(OCC1(O)CC1)C1CCCCC1C(=O)OC(CS(=O)(=O)O)C(F)(F)F. The third-order valence-electron chi connectivity index (χ3n) is 4.67. The van der Waals surface area contributed by atoms with Crippen LogP contribution in [-0.2, 0) is 29.2 Å². The van der Waals surface area contributed by atoms with Gasteiger partial charge in [0.1, 0.15) is 12.4 Å². The van der Waals surface area contributed by atoms with E-state index in [1.54, 1.807) is 0 Å². The minimum Gasteiger partial charge on any atom is -0.462 e. The van der Waals surface area contributed by atoms with Gasteiger partial charge in [-0.2, -0.15) is 21.6 Å². The van der Waals surface area contributed by atoms with Gasteiger partial charge in [0.2, 0.25) is 6.10 Å². The summed E-state index contributed by atoms with van der Waals surface area (Å²) in [6.45, 7) is -0.252. The minimum absolute atomic E-state index is 0.0827. The molecule has 2 fully saturated rings. The lowest BCUT2D eigenvalue weighted by atomic mass is 9.79. The summed E-state index contributed by atoms with van der Waals surface area (Å²) in [5, 5.41) is 9.69. The molecule has 2 aliphatic carbocycles. The van der Waals surface area contributed by atoms with Crippen LogP contribution in [0.25, 0.3) is 0 Å². The van der Waals surface area contributed by atoms with Crippen LogP contribution in [0.1, 0.15) is 38.5 Å². The van der Waals surface area contributed by atoms with E-state index in [0.29, 0.717) is 25.7 Å². The van der Waals surface area contributed by atoms with E-state index in [4.69, 9.17) is 9.29 Å². The first-order valence-electron chi connectivity index (χ1n) is 8.42. The largest absolute Gasteiger partial charge is 0.462 e. The number of carbonyl (C=O) groups is 2. The third-order valence-corrected chi connectivity index (χ3v) is 5.39. The number of aliphatic hydroxyl groups is 1. The normalized spacial score (nSPS) is 26.1. The van der Waals surface area contributed by atoms with Gasteiger partial charge in [-0.25, -0.2) is 0 Å². The predicted molar refractivity (Wildman–Crippen MR) is 82.9 cm³/mol. The van der Waals surface area contributed by atoms with Crippen molar-refractivity contribution in [3.63, 3.8) is 0 Å². The lowest BCUT2D eigenvalue weighted by molar-refractivity contribution is -0.219. The molecule has 0 bridgehead atoms. The Morgan fingerprint density at radius 2 is 1.63 bits per heavy atom. The minimum atomic E-state index is -5.20. The number of ether oxygens (including phenoxy) is 2. The number of hydrogen-bond acceptors (Lipinski definition) is 7. The number of halogens is 3. The second-order valence-corrected chi connectivity index (χ2v) is 8.54. The third kappa shape index (κ3) is 6.61. The van der Waals surface area contributed by atoms with Crippen molar-refractivity contribution < 1.29 is 50.3 Å². The second-order valence-electron chi connectivity index (χ2n) is 7.05. The highest BCUT2D eigenvalue weighted by molar-refractivity contribution is 7.85. The lowest BCUT2D eigenvalue weighted by Gasteiger charge is -2.30. The highest BCUT2D eigenvalue weighted by atomic mass is 32.2. The molecule has 3 atom stereocenters. The molecule has 2 saturated carbocycles. The van der Waals surface area contributed by atoms with Crippen LogP contribution in [0, 0.1) is 11.8 Å². The summed E-state index contributed by atoms with van der Waals surface area (Å²) in [6, 6.07) is 0. The number of rotatable bonds is 7. The molecule has 2 rings (SSSR count). The maximum Gasteiger partial charge on any atom is 0.426 e. The summed E-state index contributed by atoms with van der Waals surface area (Å²) in [5.41, 5.74) is -1.07. The van der Waals surface area contributed by atoms with Gasteiger partial charge in [-0.3, -0.25) is 14.1 Å². The number of carbonyl (C=O) groups excluding carboxylic acids is 2. The molecule has 0 heterocycles. The zero-order chi connectivity index (χ0) is 20.5. The molecule has 0 radical (unpaired) electrons. The maximum atomic E-state index is 12.9. The summed E-state index contributed by atoms with van der Waals surface area (Å²) in [4.78, 5) is 24.4. The van der Waals surface area contributed by atoms with Crippen LogP contribution >= 0.6 is 0 Å². The lowest BCUT2D eigenvalue weighted by Crippen LogP contribution is -2.43. The van der Waals surface area contributed by atoms with Crippen LogP contribution in [0.3, 0.4) is 0 Å². The Balaban J connectivity index is 2.04. The Labute approximate surface area is 153 Å². The first kappa shape index (κ1) is 21.9. The van der Waals surface area contributed by atoms with Gasteiger partial charge >= 0.3 is 18.1 Å². The van der Waals surface area contributed by atoms with Crippen LogP contribution in [0.15, 0.2) is 0 Å². The highest BCUT2D eigenvalue weighted by Gasteiger charge is 2.48. The van der Waals surface area contributed by atoms with Gasteiger partial charge in [0, 0.05) is 0 Å². The van der Waals surface area contributed by atoms with Crippen LogP contribution in [0.5, 0.6) is 0 Å². The molecule has 0 aromatic carbocycles. The Bertz CT molecular complexity index is 671. The molecule has 27 heavy (non-hydrogen) atoms. The van der Waals surface area contributed by atoms with Gasteiger partial charge in [0.25, 0.3) is 10.1 Å². The molecule has 156 valence electrons. The summed E-state index contributed by atoms with van der Waals surface area (Å²) >= 11 is 0. The van der Waals surface area contributed by atoms with E-state index in [9.17, 15) is 36.3 Å². The number of esters is 2. The molecule has 3 unspecified atom stereocenters. The van der Waals surface area contributed by atoms with Crippen molar-refractivity contribution in [3.05, 3.63) is 0 Å². The molecule has 12 heteroatoms. The summed E-state index contributed by atoms with van der Waals surface area (Å²) in [5.74, 6) is -6.25. The van der Waals surface area contributed by atoms with Crippen molar-refractivity contribution in [1.29, 1.82) is 0 Å². The summed E-state index contributed by atoms with van der Waals surface area (Å²) < 4.78 is 78.2. The van der Waals surface area contributed by atoms with Crippen molar-refractivity contribution in [1.82, 2.24) is 0 Å². The molecule has 2 N–H and O–H groups in total. The standard InChI is InChI=1S/C15H21F3O8S/c16-15(17,18)11(7-27(22,23)24)26-13(20)10-4-2-1-3-9(10)12(19)25-8-14(21)5-6-14/h9-11,21H,1-8H2,(H,22,23,24). The molecule has 0 amide bonds. The van der Waals surface area contributed by atoms with Gasteiger partial charge in [-0.15, -0.1) is 0 Å². The van der Waals surface area contributed by atoms with Gasteiger partial charge in [-0.05, 0) is 25.7 Å². The van der Waals surface area contributed by atoms with Gasteiger partial charge < -0.3 is 14.6 Å². The quantitative estimate of drug-likeness (QED) is 0.467. The van der Waals surface area contributed by atoms with E-state index in [-0.39, 0.29) is 19.4 Å². The van der Waals surface area contributed by atoms with Crippen molar-refractivity contribution >= 4 is 22.1 Å². The molecule has 0 aromatic heterocycles. The van der Waals surface area contributed by atoms with Crippen LogP contribution in [0.2, 0.25) is 0 Å². The smallest absolute Gasteiger partial charge is 0.426 e. The fraction of sp³-hybridized carbons (Fsp3) is 0.867. The zero-order valence-electron chi connectivity index (χ0n) is 14.3. The number of alkyl halides is 3. The van der Waals surface area contributed by atoms with Crippen LogP contribution in [0.4, 0.5) is 13.2 Å². The molecule has 0 aromatic rings. The van der Waals surface area contributed by atoms with E-state index in [2.05, 4.69) is 4.74 Å². The number of hydrogen-bond donors (Lipinski definition) is 2. The fourth-order valence-electron chi connectivity index (χ4n) is 2.91. The zero-order valence-corrected chi connectivity index (χ0v) is 15.1. The van der Waals surface area contributed by atoms with Gasteiger partial charge in [-0.1, -0.05) is 12.8 Å². The van der Waals surface area contributed by atoms with Crippen molar-refractivity contribution in [2.45, 2.75) is 56.4 Å². The van der Waals surface area contributed by atoms with Crippen molar-refractivity contribution in [3.8, 4) is 0 Å². The first-order valence-corrected chi connectivity index (χ1v) is 10.0. The Hall–Kier alpha value is -1.40. The summed E-state index contributed by atoms with van der Waals surface area (Å²) in [6.07, 6.45) is -5.98. The summed E-state index contributed by atoms with van der Waals surface area (Å²) in [7, 11) is -5.05. The van der Waals surface area contributed by atoms with Crippen LogP contribution < -0.4 is 0 Å². The molecule has 2 aliphatic rings. The molecule has 0 aliphatic heterocycles. The predicted octanol–water partition coefficient (Wildman–Crippen LogP) is 1.22. The molecule has 0 spiro atoms. The van der Waals surface area contributed by atoms with E-state index in [1.165, 1.54) is 0 Å². The Morgan fingerprint density at radius 1 is 1.11 bits per heavy atom. The van der Waals surface area contributed by atoms with Gasteiger partial charge in [0.15, 0.2) is 0 Å². The average Bonchev–Trinajstić information content (AvgIpc) is 3.28. The Kier molecular flexibility index (Phi) is 6.42. The highest BCUT2D eigenvalue weighted by Crippen LogP contribution is 2.37. The molecule has 0 saturated heterocycles. The average molecular weight is 418 g/mol. The second kappa shape index (κ2) is 7.92.